The minimum atomic E-state index is -0.264. The molecule has 1 aliphatic carbocycles. The van der Waals surface area contributed by atoms with Gasteiger partial charge >= 0.3 is 0 Å². The van der Waals surface area contributed by atoms with Gasteiger partial charge in [0.25, 0.3) is 0 Å². The zero-order valence-electron chi connectivity index (χ0n) is 18.4. The molecule has 2 N–H and O–H groups in total. The lowest BCUT2D eigenvalue weighted by atomic mass is 10.0. The van der Waals surface area contributed by atoms with Gasteiger partial charge in [0.05, 0.1) is 7.11 Å². The van der Waals surface area contributed by atoms with Gasteiger partial charge in [-0.2, -0.15) is 0 Å². The van der Waals surface area contributed by atoms with E-state index >= 15 is 0 Å². The first-order chi connectivity index (χ1) is 15.6. The molecule has 2 aliphatic heterocycles. The molecule has 4 atom stereocenters. The highest BCUT2D eigenvalue weighted by Gasteiger charge is 2.46. The van der Waals surface area contributed by atoms with Crippen molar-refractivity contribution in [2.24, 2.45) is 5.92 Å². The van der Waals surface area contributed by atoms with E-state index in [1.54, 1.807) is 7.11 Å². The Morgan fingerprint density at radius 1 is 0.844 bits per heavy atom. The highest BCUT2D eigenvalue weighted by molar-refractivity contribution is 5.84. The second kappa shape index (κ2) is 8.92. The topological polar surface area (TPSA) is 73.9 Å². The molecular formula is C25H30N4O3. The number of amides is 2. The molecule has 7 nitrogen and oxygen atoms in total. The van der Waals surface area contributed by atoms with Crippen LogP contribution in [0.2, 0.25) is 0 Å². The number of carbonyl (C=O) groups excluding carboxylic acids is 2. The highest BCUT2D eigenvalue weighted by Crippen LogP contribution is 2.48. The van der Waals surface area contributed by atoms with E-state index in [1.165, 1.54) is 5.56 Å². The molecule has 1 saturated carbocycles. The molecule has 4 unspecified atom stereocenters. The average Bonchev–Trinajstić information content (AvgIpc) is 3.51. The van der Waals surface area contributed by atoms with Gasteiger partial charge in [-0.25, -0.2) is 10.9 Å². The second-order valence-electron chi connectivity index (χ2n) is 8.92. The molecule has 7 heteroatoms. The van der Waals surface area contributed by atoms with E-state index in [2.05, 4.69) is 23.0 Å². The smallest absolute Gasteiger partial charge is 0.241 e. The van der Waals surface area contributed by atoms with Crippen LogP contribution in [0, 0.1) is 5.92 Å². The number of nitrogens with zero attached hydrogens (tertiary/aromatic N) is 2. The fourth-order valence-corrected chi connectivity index (χ4v) is 4.93. The van der Waals surface area contributed by atoms with Crippen molar-refractivity contribution in [1.29, 1.82) is 0 Å². The summed E-state index contributed by atoms with van der Waals surface area (Å²) in [6, 6.07) is 18.0. The Kier molecular flexibility index (Phi) is 5.85. The fraction of sp³-hybridized carbons (Fsp3) is 0.440. The van der Waals surface area contributed by atoms with Gasteiger partial charge in [-0.15, -0.1) is 0 Å². The fourth-order valence-electron chi connectivity index (χ4n) is 4.93. The van der Waals surface area contributed by atoms with E-state index in [4.69, 9.17) is 4.74 Å². The Hall–Kier alpha value is -2.90. The van der Waals surface area contributed by atoms with Crippen molar-refractivity contribution >= 4 is 11.8 Å². The lowest BCUT2D eigenvalue weighted by Gasteiger charge is -2.36. The Morgan fingerprint density at radius 3 is 2.25 bits per heavy atom. The maximum absolute atomic E-state index is 13.1. The van der Waals surface area contributed by atoms with Gasteiger partial charge in [0, 0.05) is 38.1 Å². The van der Waals surface area contributed by atoms with Crippen molar-refractivity contribution in [3.8, 4) is 5.75 Å². The highest BCUT2D eigenvalue weighted by atomic mass is 16.5. The Balaban J connectivity index is 1.11. The molecule has 32 heavy (non-hydrogen) atoms. The van der Waals surface area contributed by atoms with Crippen LogP contribution in [0.15, 0.2) is 54.6 Å². The minimum Gasteiger partial charge on any atom is -0.497 e. The monoisotopic (exact) mass is 434 g/mol. The third-order valence-electron chi connectivity index (χ3n) is 6.94. The molecular weight excluding hydrogens is 404 g/mol. The van der Waals surface area contributed by atoms with Crippen molar-refractivity contribution in [2.75, 3.05) is 33.3 Å². The van der Waals surface area contributed by atoms with Gasteiger partial charge in [0.2, 0.25) is 11.8 Å². The van der Waals surface area contributed by atoms with E-state index in [-0.39, 0.29) is 29.8 Å². The van der Waals surface area contributed by atoms with E-state index in [0.717, 1.165) is 17.7 Å². The number of piperazine rings is 1. The van der Waals surface area contributed by atoms with Crippen molar-refractivity contribution in [3.63, 3.8) is 0 Å². The zero-order chi connectivity index (χ0) is 22.1. The normalized spacial score (nSPS) is 27.3. The number of nitrogens with one attached hydrogen (secondary N) is 2. The SMILES string of the molecule is COc1cccc(C2CC(C(=O)N3CCN(C(=O)C4CC4c4ccccc4)CC3)NN2)c1. The summed E-state index contributed by atoms with van der Waals surface area (Å²) in [7, 11) is 1.65. The molecule has 0 spiro atoms. The number of benzene rings is 2. The van der Waals surface area contributed by atoms with Crippen LogP contribution < -0.4 is 15.6 Å². The second-order valence-corrected chi connectivity index (χ2v) is 8.92. The van der Waals surface area contributed by atoms with Crippen LogP contribution >= 0.6 is 0 Å². The van der Waals surface area contributed by atoms with Gasteiger partial charge in [0.15, 0.2) is 0 Å². The van der Waals surface area contributed by atoms with Gasteiger partial charge in [-0.3, -0.25) is 9.59 Å². The Bertz CT molecular complexity index is 974. The lowest BCUT2D eigenvalue weighted by Crippen LogP contribution is -2.55. The summed E-state index contributed by atoms with van der Waals surface area (Å²) in [4.78, 5) is 29.8. The number of hydrogen-bond donors (Lipinski definition) is 2. The first-order valence-electron chi connectivity index (χ1n) is 11.4. The zero-order valence-corrected chi connectivity index (χ0v) is 18.4. The summed E-state index contributed by atoms with van der Waals surface area (Å²) < 4.78 is 5.31. The van der Waals surface area contributed by atoms with Gasteiger partial charge in [-0.05, 0) is 42.0 Å². The number of hydrogen-bond acceptors (Lipinski definition) is 5. The van der Waals surface area contributed by atoms with E-state index in [1.807, 2.05) is 52.3 Å². The third-order valence-corrected chi connectivity index (χ3v) is 6.94. The van der Waals surface area contributed by atoms with Crippen molar-refractivity contribution in [1.82, 2.24) is 20.7 Å². The van der Waals surface area contributed by atoms with Crippen molar-refractivity contribution < 1.29 is 14.3 Å². The lowest BCUT2D eigenvalue weighted by molar-refractivity contribution is -0.141. The molecule has 2 aromatic carbocycles. The van der Waals surface area contributed by atoms with Crippen LogP contribution in [-0.2, 0) is 9.59 Å². The number of methoxy groups -OCH3 is 1. The Labute approximate surface area is 188 Å². The maximum Gasteiger partial charge on any atom is 0.241 e. The quantitative estimate of drug-likeness (QED) is 0.754. The van der Waals surface area contributed by atoms with Gasteiger partial charge in [-0.1, -0.05) is 42.5 Å². The van der Waals surface area contributed by atoms with E-state index in [9.17, 15) is 9.59 Å². The van der Waals surface area contributed by atoms with Gasteiger partial charge in [0.1, 0.15) is 11.8 Å². The largest absolute Gasteiger partial charge is 0.497 e. The average molecular weight is 435 g/mol. The molecule has 3 fully saturated rings. The summed E-state index contributed by atoms with van der Waals surface area (Å²) in [5.41, 5.74) is 8.76. The molecule has 2 amide bonds. The number of rotatable bonds is 5. The Morgan fingerprint density at radius 2 is 1.53 bits per heavy atom. The molecule has 2 heterocycles. The number of ether oxygens (including phenoxy) is 1. The summed E-state index contributed by atoms with van der Waals surface area (Å²) in [5, 5.41) is 0. The van der Waals surface area contributed by atoms with E-state index in [0.29, 0.717) is 38.5 Å². The minimum absolute atomic E-state index is 0.0618. The molecule has 0 aromatic heterocycles. The maximum atomic E-state index is 13.1. The molecule has 2 saturated heterocycles. The van der Waals surface area contributed by atoms with Crippen molar-refractivity contribution in [3.05, 3.63) is 65.7 Å². The van der Waals surface area contributed by atoms with E-state index < -0.39 is 0 Å². The summed E-state index contributed by atoms with van der Waals surface area (Å²) in [5.74, 6) is 1.60. The number of hydrazine groups is 1. The molecule has 5 rings (SSSR count). The van der Waals surface area contributed by atoms with Crippen molar-refractivity contribution in [2.45, 2.75) is 30.8 Å². The summed E-state index contributed by atoms with van der Waals surface area (Å²) >= 11 is 0. The molecule has 168 valence electrons. The standard InChI is InChI=1S/C25H30N4O3/c1-32-19-9-5-8-18(14-19)22-16-23(27-26-22)25(31)29-12-10-28(11-13-29)24(30)21-15-20(21)17-6-3-2-4-7-17/h2-9,14,20-23,26-27H,10-13,15-16H2,1H3. The molecule has 2 aromatic rings. The predicted octanol–water partition coefficient (Wildman–Crippen LogP) is 2.08. The third kappa shape index (κ3) is 4.23. The van der Waals surface area contributed by atoms with Gasteiger partial charge < -0.3 is 14.5 Å². The predicted molar refractivity (Wildman–Crippen MR) is 121 cm³/mol. The van der Waals surface area contributed by atoms with Crippen LogP contribution in [0.5, 0.6) is 5.75 Å². The first-order valence-corrected chi connectivity index (χ1v) is 11.4. The van der Waals surface area contributed by atoms with Crippen LogP contribution in [-0.4, -0.2) is 60.9 Å². The molecule has 3 aliphatic rings. The molecule has 0 radical (unpaired) electrons. The summed E-state index contributed by atoms with van der Waals surface area (Å²) in [6.07, 6.45) is 1.62. The van der Waals surface area contributed by atoms with Crippen LogP contribution in [0.4, 0.5) is 0 Å². The van der Waals surface area contributed by atoms with Crippen LogP contribution in [0.1, 0.15) is 35.9 Å². The number of carbonyl (C=O) groups is 2. The van der Waals surface area contributed by atoms with Crippen LogP contribution in [0.25, 0.3) is 0 Å². The molecule has 0 bridgehead atoms. The van der Waals surface area contributed by atoms with Crippen LogP contribution in [0.3, 0.4) is 0 Å². The summed E-state index contributed by atoms with van der Waals surface area (Å²) in [6.45, 7) is 2.41. The first kappa shape index (κ1) is 21.0.